The lowest BCUT2D eigenvalue weighted by Gasteiger charge is -2.19. The molecule has 3 unspecified atom stereocenters. The fourth-order valence-electron chi connectivity index (χ4n) is 2.36. The third kappa shape index (κ3) is 4.52. The maximum Gasteiger partial charge on any atom is 0.223 e. The van der Waals surface area contributed by atoms with E-state index >= 15 is 0 Å². The van der Waals surface area contributed by atoms with E-state index in [0.717, 1.165) is 25.2 Å². The molecule has 1 aliphatic rings. The summed E-state index contributed by atoms with van der Waals surface area (Å²) in [5.74, 6) is 1.07. The summed E-state index contributed by atoms with van der Waals surface area (Å²) in [6, 6.07) is 0.401. The van der Waals surface area contributed by atoms with Crippen LogP contribution in [0, 0.1) is 11.8 Å². The van der Waals surface area contributed by atoms with Crippen LogP contribution in [-0.4, -0.2) is 18.5 Å². The van der Waals surface area contributed by atoms with Crippen LogP contribution in [0.3, 0.4) is 0 Å². The summed E-state index contributed by atoms with van der Waals surface area (Å²) >= 11 is 0. The third-order valence-corrected chi connectivity index (χ3v) is 3.65. The molecule has 0 spiro atoms. The quantitative estimate of drug-likeness (QED) is 0.721. The highest BCUT2D eigenvalue weighted by Gasteiger charge is 2.20. The van der Waals surface area contributed by atoms with E-state index in [9.17, 15) is 4.79 Å². The number of hydrogen-bond donors (Lipinski definition) is 2. The van der Waals surface area contributed by atoms with Crippen molar-refractivity contribution >= 4 is 5.91 Å². The zero-order valence-electron chi connectivity index (χ0n) is 10.7. The van der Waals surface area contributed by atoms with Gasteiger partial charge >= 0.3 is 0 Å². The number of rotatable bonds is 4. The van der Waals surface area contributed by atoms with Crippen LogP contribution in [0.2, 0.25) is 0 Å². The summed E-state index contributed by atoms with van der Waals surface area (Å²) in [6.45, 7) is 4.86. The predicted octanol–water partition coefficient (Wildman–Crippen LogP) is 2.06. The van der Waals surface area contributed by atoms with Crippen molar-refractivity contribution in [2.24, 2.45) is 17.6 Å². The second kappa shape index (κ2) is 6.89. The fourth-order valence-corrected chi connectivity index (χ4v) is 2.36. The number of hydrogen-bond acceptors (Lipinski definition) is 2. The molecule has 1 aliphatic carbocycles. The topological polar surface area (TPSA) is 55.1 Å². The SMILES string of the molecule is CC1CCCC(NC(=O)C(C)CCN)CC1. The Labute approximate surface area is 99.2 Å². The average molecular weight is 226 g/mol. The zero-order chi connectivity index (χ0) is 12.0. The highest BCUT2D eigenvalue weighted by molar-refractivity contribution is 5.78. The molecule has 0 bridgehead atoms. The number of amides is 1. The minimum absolute atomic E-state index is 0.0608. The van der Waals surface area contributed by atoms with Crippen LogP contribution >= 0.6 is 0 Å². The molecule has 16 heavy (non-hydrogen) atoms. The van der Waals surface area contributed by atoms with Gasteiger partial charge in [-0.2, -0.15) is 0 Å². The van der Waals surface area contributed by atoms with Gasteiger partial charge in [0.2, 0.25) is 5.91 Å². The molecule has 0 heterocycles. The smallest absolute Gasteiger partial charge is 0.223 e. The first-order chi connectivity index (χ1) is 7.63. The van der Waals surface area contributed by atoms with Crippen LogP contribution in [0.15, 0.2) is 0 Å². The molecule has 0 aromatic carbocycles. The maximum absolute atomic E-state index is 11.8. The number of carbonyl (C=O) groups is 1. The standard InChI is InChI=1S/C13H26N2O/c1-10-4-3-5-12(7-6-10)15-13(16)11(2)8-9-14/h10-12H,3-9,14H2,1-2H3,(H,15,16). The minimum Gasteiger partial charge on any atom is -0.353 e. The summed E-state index contributed by atoms with van der Waals surface area (Å²) in [7, 11) is 0. The Balaban J connectivity index is 2.32. The van der Waals surface area contributed by atoms with Crippen LogP contribution in [0.5, 0.6) is 0 Å². The third-order valence-electron chi connectivity index (χ3n) is 3.65. The van der Waals surface area contributed by atoms with E-state index in [1.807, 2.05) is 6.92 Å². The van der Waals surface area contributed by atoms with Crippen LogP contribution < -0.4 is 11.1 Å². The Morgan fingerprint density at radius 3 is 2.81 bits per heavy atom. The van der Waals surface area contributed by atoms with Gasteiger partial charge in [-0.3, -0.25) is 4.79 Å². The van der Waals surface area contributed by atoms with Crippen molar-refractivity contribution in [1.82, 2.24) is 5.32 Å². The van der Waals surface area contributed by atoms with Crippen LogP contribution in [0.25, 0.3) is 0 Å². The van der Waals surface area contributed by atoms with Crippen LogP contribution in [0.1, 0.15) is 52.4 Å². The molecule has 1 amide bonds. The fraction of sp³-hybridized carbons (Fsp3) is 0.923. The molecule has 0 aromatic rings. The van der Waals surface area contributed by atoms with Gasteiger partial charge in [0.05, 0.1) is 0 Å². The summed E-state index contributed by atoms with van der Waals surface area (Å²) in [4.78, 5) is 11.8. The van der Waals surface area contributed by atoms with Gasteiger partial charge in [-0.15, -0.1) is 0 Å². The Hall–Kier alpha value is -0.570. The molecule has 0 radical (unpaired) electrons. The normalized spacial score (nSPS) is 28.2. The van der Waals surface area contributed by atoms with Gasteiger partial charge in [-0.25, -0.2) is 0 Å². The first kappa shape index (κ1) is 13.5. The molecule has 3 N–H and O–H groups in total. The minimum atomic E-state index is 0.0608. The van der Waals surface area contributed by atoms with Gasteiger partial charge in [-0.05, 0) is 38.1 Å². The average Bonchev–Trinajstić information content (AvgIpc) is 2.44. The van der Waals surface area contributed by atoms with Crippen molar-refractivity contribution in [3.8, 4) is 0 Å². The second-order valence-electron chi connectivity index (χ2n) is 5.30. The van der Waals surface area contributed by atoms with Crippen molar-refractivity contribution < 1.29 is 4.79 Å². The largest absolute Gasteiger partial charge is 0.353 e. The lowest BCUT2D eigenvalue weighted by molar-refractivity contribution is -0.125. The van der Waals surface area contributed by atoms with Crippen molar-refractivity contribution in [2.75, 3.05) is 6.54 Å². The van der Waals surface area contributed by atoms with Gasteiger partial charge in [0.15, 0.2) is 0 Å². The van der Waals surface area contributed by atoms with E-state index in [0.29, 0.717) is 12.6 Å². The zero-order valence-corrected chi connectivity index (χ0v) is 10.7. The van der Waals surface area contributed by atoms with Gasteiger partial charge in [0.1, 0.15) is 0 Å². The Morgan fingerprint density at radius 2 is 2.12 bits per heavy atom. The highest BCUT2D eigenvalue weighted by atomic mass is 16.1. The monoisotopic (exact) mass is 226 g/mol. The van der Waals surface area contributed by atoms with Crippen molar-refractivity contribution in [1.29, 1.82) is 0 Å². The van der Waals surface area contributed by atoms with E-state index < -0.39 is 0 Å². The van der Waals surface area contributed by atoms with Crippen molar-refractivity contribution in [2.45, 2.75) is 58.4 Å². The van der Waals surface area contributed by atoms with Gasteiger partial charge in [0.25, 0.3) is 0 Å². The molecule has 0 aromatic heterocycles. The molecule has 1 rings (SSSR count). The first-order valence-electron chi connectivity index (χ1n) is 6.64. The first-order valence-corrected chi connectivity index (χ1v) is 6.64. The molecule has 0 saturated heterocycles. The molecule has 3 atom stereocenters. The van der Waals surface area contributed by atoms with Crippen molar-refractivity contribution in [3.63, 3.8) is 0 Å². The molecule has 94 valence electrons. The van der Waals surface area contributed by atoms with Crippen LogP contribution in [-0.2, 0) is 4.79 Å². The maximum atomic E-state index is 11.8. The molecule has 3 heteroatoms. The Bertz CT molecular complexity index is 218. The number of carbonyl (C=O) groups excluding carboxylic acids is 1. The molecule has 1 saturated carbocycles. The van der Waals surface area contributed by atoms with Crippen molar-refractivity contribution in [3.05, 3.63) is 0 Å². The molecule has 1 fully saturated rings. The Morgan fingerprint density at radius 1 is 1.38 bits per heavy atom. The molecule has 3 nitrogen and oxygen atoms in total. The van der Waals surface area contributed by atoms with Gasteiger partial charge < -0.3 is 11.1 Å². The van der Waals surface area contributed by atoms with E-state index in [4.69, 9.17) is 5.73 Å². The summed E-state index contributed by atoms with van der Waals surface area (Å²) in [5, 5.41) is 3.17. The predicted molar refractivity (Wildman–Crippen MR) is 67.0 cm³/mol. The van der Waals surface area contributed by atoms with E-state index in [-0.39, 0.29) is 11.8 Å². The molecule has 0 aliphatic heterocycles. The van der Waals surface area contributed by atoms with Gasteiger partial charge in [0, 0.05) is 12.0 Å². The van der Waals surface area contributed by atoms with E-state index in [2.05, 4.69) is 12.2 Å². The summed E-state index contributed by atoms with van der Waals surface area (Å²) in [5.41, 5.74) is 5.46. The van der Waals surface area contributed by atoms with Crippen LogP contribution in [0.4, 0.5) is 0 Å². The molecular formula is C13H26N2O. The highest BCUT2D eigenvalue weighted by Crippen LogP contribution is 2.22. The van der Waals surface area contributed by atoms with E-state index in [1.165, 1.54) is 19.3 Å². The molecular weight excluding hydrogens is 200 g/mol. The lowest BCUT2D eigenvalue weighted by atomic mass is 10.0. The van der Waals surface area contributed by atoms with E-state index in [1.54, 1.807) is 0 Å². The lowest BCUT2D eigenvalue weighted by Crippen LogP contribution is -2.38. The summed E-state index contributed by atoms with van der Waals surface area (Å²) < 4.78 is 0. The number of nitrogens with one attached hydrogen (secondary N) is 1. The number of nitrogens with two attached hydrogens (primary N) is 1. The summed E-state index contributed by atoms with van der Waals surface area (Å²) in [6.07, 6.45) is 6.88. The Kier molecular flexibility index (Phi) is 5.81. The van der Waals surface area contributed by atoms with Gasteiger partial charge in [-0.1, -0.05) is 26.7 Å². The second-order valence-corrected chi connectivity index (χ2v) is 5.30.